The molecule has 0 fully saturated rings. The van der Waals surface area contributed by atoms with Crippen LogP contribution < -0.4 is 5.63 Å². The lowest BCUT2D eigenvalue weighted by Crippen LogP contribution is -2.00. The first kappa shape index (κ1) is 13.6. The molecule has 0 radical (unpaired) electrons. The molecule has 0 spiro atoms. The van der Waals surface area contributed by atoms with E-state index in [1.807, 2.05) is 0 Å². The van der Waals surface area contributed by atoms with Gasteiger partial charge in [-0.15, -0.1) is 0 Å². The average Bonchev–Trinajstić information content (AvgIpc) is 2.48. The van der Waals surface area contributed by atoms with Gasteiger partial charge < -0.3 is 14.6 Å². The molecule has 0 aliphatic heterocycles. The zero-order chi connectivity index (χ0) is 15.9. The number of benzene rings is 2. The number of nitrogens with zero attached hydrogens (tertiary/aromatic N) is 1. The number of para-hydroxylation sites is 1. The fourth-order valence-corrected chi connectivity index (χ4v) is 2.27. The lowest BCUT2D eigenvalue weighted by Gasteiger charge is -2.07. The van der Waals surface area contributed by atoms with Crippen LogP contribution in [0.5, 0.6) is 11.5 Å². The van der Waals surface area contributed by atoms with Crippen LogP contribution in [0.15, 0.2) is 51.7 Å². The molecule has 0 atom stereocenters. The van der Waals surface area contributed by atoms with Gasteiger partial charge in [-0.25, -0.2) is 4.79 Å². The number of rotatable bonds is 2. The predicted molar refractivity (Wildman–Crippen MR) is 77.9 cm³/mol. The van der Waals surface area contributed by atoms with E-state index in [2.05, 4.69) is 0 Å². The minimum Gasteiger partial charge on any atom is -0.504 e. The van der Waals surface area contributed by atoms with Crippen LogP contribution in [-0.2, 0) is 0 Å². The monoisotopic (exact) mass is 299 g/mol. The van der Waals surface area contributed by atoms with Gasteiger partial charge in [0.25, 0.3) is 5.69 Å². The second-order valence-corrected chi connectivity index (χ2v) is 4.59. The quantitative estimate of drug-likeness (QED) is 0.325. The number of nitro benzene ring substituents is 1. The van der Waals surface area contributed by atoms with Gasteiger partial charge in [-0.1, -0.05) is 12.1 Å². The standard InChI is InChI=1S/C15H9NO6/c17-12-5-10-9(6-15(19)22-14(10)7-13(12)18)8-3-1-2-4-11(8)16(20)21/h1-7,17-18H. The molecule has 0 bridgehead atoms. The van der Waals surface area contributed by atoms with Gasteiger partial charge in [0.05, 0.1) is 10.5 Å². The molecule has 1 aromatic heterocycles. The second kappa shape index (κ2) is 4.88. The third-order valence-electron chi connectivity index (χ3n) is 3.23. The van der Waals surface area contributed by atoms with Crippen LogP contribution in [0, 0.1) is 10.1 Å². The minimum absolute atomic E-state index is 0.0240. The van der Waals surface area contributed by atoms with Crippen LogP contribution in [0.1, 0.15) is 0 Å². The Bertz CT molecular complexity index is 960. The molecule has 2 aromatic carbocycles. The Morgan fingerprint density at radius 3 is 2.41 bits per heavy atom. The Kier molecular flexibility index (Phi) is 3.03. The first-order chi connectivity index (χ1) is 10.5. The van der Waals surface area contributed by atoms with Crippen LogP contribution in [0.4, 0.5) is 5.69 Å². The van der Waals surface area contributed by atoms with E-state index in [1.54, 1.807) is 6.07 Å². The molecule has 1 heterocycles. The average molecular weight is 299 g/mol. The minimum atomic E-state index is -0.717. The van der Waals surface area contributed by atoms with Crippen molar-refractivity contribution < 1.29 is 19.6 Å². The number of hydrogen-bond donors (Lipinski definition) is 2. The summed E-state index contributed by atoms with van der Waals surface area (Å²) < 4.78 is 4.96. The van der Waals surface area contributed by atoms with Crippen molar-refractivity contribution in [3.63, 3.8) is 0 Å². The summed E-state index contributed by atoms with van der Waals surface area (Å²) >= 11 is 0. The first-order valence-corrected chi connectivity index (χ1v) is 6.21. The highest BCUT2D eigenvalue weighted by Gasteiger charge is 2.19. The summed E-state index contributed by atoms with van der Waals surface area (Å²) in [5.74, 6) is -0.864. The summed E-state index contributed by atoms with van der Waals surface area (Å²) in [5.41, 5.74) is -0.409. The molecule has 0 unspecified atom stereocenters. The summed E-state index contributed by atoms with van der Waals surface area (Å²) in [6.07, 6.45) is 0. The Morgan fingerprint density at radius 2 is 1.68 bits per heavy atom. The maximum absolute atomic E-state index is 11.7. The van der Waals surface area contributed by atoms with E-state index >= 15 is 0 Å². The molecule has 7 nitrogen and oxygen atoms in total. The molecule has 0 amide bonds. The number of phenols is 2. The highest BCUT2D eigenvalue weighted by molar-refractivity contribution is 5.97. The van der Waals surface area contributed by atoms with Gasteiger partial charge in [-0.2, -0.15) is 0 Å². The van der Waals surface area contributed by atoms with E-state index in [9.17, 15) is 25.1 Å². The Labute approximate surface area is 122 Å². The fraction of sp³-hybridized carbons (Fsp3) is 0. The van der Waals surface area contributed by atoms with Crippen LogP contribution in [0.25, 0.3) is 22.1 Å². The first-order valence-electron chi connectivity index (χ1n) is 6.21. The SMILES string of the molecule is O=c1cc(-c2ccccc2[N+](=O)[O-])c2cc(O)c(O)cc2o1. The van der Waals surface area contributed by atoms with Crippen molar-refractivity contribution in [2.24, 2.45) is 0 Å². The van der Waals surface area contributed by atoms with E-state index < -0.39 is 22.0 Å². The van der Waals surface area contributed by atoms with Crippen molar-refractivity contribution in [1.82, 2.24) is 0 Å². The Hall–Kier alpha value is -3.35. The van der Waals surface area contributed by atoms with Gasteiger partial charge in [-0.05, 0) is 12.1 Å². The van der Waals surface area contributed by atoms with Gasteiger partial charge >= 0.3 is 5.63 Å². The van der Waals surface area contributed by atoms with Gasteiger partial charge in [0.2, 0.25) is 0 Å². The number of aromatic hydroxyl groups is 2. The van der Waals surface area contributed by atoms with Crippen molar-refractivity contribution >= 4 is 16.7 Å². The number of hydrogen-bond acceptors (Lipinski definition) is 6. The van der Waals surface area contributed by atoms with Gasteiger partial charge in [0.1, 0.15) is 5.58 Å². The Balaban J connectivity index is 2.44. The van der Waals surface area contributed by atoms with Crippen molar-refractivity contribution in [1.29, 1.82) is 0 Å². The molecule has 3 aromatic rings. The largest absolute Gasteiger partial charge is 0.504 e. The molecule has 0 aliphatic carbocycles. The van der Waals surface area contributed by atoms with Crippen LogP contribution >= 0.6 is 0 Å². The summed E-state index contributed by atoms with van der Waals surface area (Å²) in [4.78, 5) is 22.3. The summed E-state index contributed by atoms with van der Waals surface area (Å²) in [7, 11) is 0. The number of phenolic OH excluding ortho intramolecular Hbond substituents is 2. The number of nitro groups is 1. The van der Waals surface area contributed by atoms with E-state index in [0.29, 0.717) is 0 Å². The molecular weight excluding hydrogens is 290 g/mol. The molecule has 110 valence electrons. The van der Waals surface area contributed by atoms with Crippen LogP contribution in [-0.4, -0.2) is 15.1 Å². The van der Waals surface area contributed by atoms with Gasteiger partial charge in [-0.3, -0.25) is 10.1 Å². The predicted octanol–water partition coefficient (Wildman–Crippen LogP) is 2.78. The van der Waals surface area contributed by atoms with E-state index in [1.165, 1.54) is 24.3 Å². The van der Waals surface area contributed by atoms with Crippen molar-refractivity contribution in [3.8, 4) is 22.6 Å². The Morgan fingerprint density at radius 1 is 1.00 bits per heavy atom. The molecule has 0 aliphatic rings. The lowest BCUT2D eigenvalue weighted by atomic mass is 10.00. The van der Waals surface area contributed by atoms with E-state index in [-0.39, 0.29) is 27.8 Å². The smallest absolute Gasteiger partial charge is 0.336 e. The third kappa shape index (κ3) is 2.14. The highest BCUT2D eigenvalue weighted by Crippen LogP contribution is 2.37. The van der Waals surface area contributed by atoms with Gasteiger partial charge in [0, 0.05) is 29.1 Å². The summed E-state index contributed by atoms with van der Waals surface area (Å²) in [6.45, 7) is 0. The molecule has 7 heteroatoms. The van der Waals surface area contributed by atoms with Crippen LogP contribution in [0.3, 0.4) is 0 Å². The molecular formula is C15H9NO6. The third-order valence-corrected chi connectivity index (χ3v) is 3.23. The molecule has 0 saturated carbocycles. The van der Waals surface area contributed by atoms with Crippen LogP contribution in [0.2, 0.25) is 0 Å². The maximum atomic E-state index is 11.7. The summed E-state index contributed by atoms with van der Waals surface area (Å²) in [5, 5.41) is 30.6. The summed E-state index contributed by atoms with van der Waals surface area (Å²) in [6, 6.07) is 9.32. The van der Waals surface area contributed by atoms with Crippen molar-refractivity contribution in [2.75, 3.05) is 0 Å². The lowest BCUT2D eigenvalue weighted by molar-refractivity contribution is -0.384. The molecule has 0 saturated heterocycles. The normalized spacial score (nSPS) is 10.7. The fourth-order valence-electron chi connectivity index (χ4n) is 2.27. The molecule has 2 N–H and O–H groups in total. The zero-order valence-electron chi connectivity index (χ0n) is 11.0. The topological polar surface area (TPSA) is 114 Å². The van der Waals surface area contributed by atoms with E-state index in [0.717, 1.165) is 12.1 Å². The maximum Gasteiger partial charge on any atom is 0.336 e. The van der Waals surface area contributed by atoms with Gasteiger partial charge in [0.15, 0.2) is 11.5 Å². The van der Waals surface area contributed by atoms with Crippen molar-refractivity contribution in [3.05, 3.63) is 63.0 Å². The zero-order valence-corrected chi connectivity index (χ0v) is 11.0. The van der Waals surface area contributed by atoms with Crippen molar-refractivity contribution in [2.45, 2.75) is 0 Å². The molecule has 22 heavy (non-hydrogen) atoms. The highest BCUT2D eigenvalue weighted by atomic mass is 16.6. The number of fused-ring (bicyclic) bond motifs is 1. The van der Waals surface area contributed by atoms with E-state index in [4.69, 9.17) is 4.42 Å². The second-order valence-electron chi connectivity index (χ2n) is 4.59. The molecule has 3 rings (SSSR count).